The minimum Gasteiger partial charge on any atom is -0.490 e. The smallest absolute Gasteiger partial charge is 0.339 e. The molecule has 232 valence electrons. The molecular weight excluding hydrogens is 582 g/mol. The molecule has 1 N–H and O–H groups in total. The SMILES string of the molecule is C=CCc1cc(C2C3=C(CCCC3=O)N(CCC(=O)O)C3=C2C(=O)CCC3)cc(OCC)c1OS(=O)(=O)c1ccc(C)cc1. The van der Waals surface area contributed by atoms with E-state index in [9.17, 15) is 27.9 Å². The third kappa shape index (κ3) is 6.08. The van der Waals surface area contributed by atoms with Crippen LogP contribution in [0, 0.1) is 6.92 Å². The number of hydrogen-bond donors (Lipinski definition) is 1. The maximum atomic E-state index is 13.6. The fourth-order valence-corrected chi connectivity index (χ4v) is 7.38. The van der Waals surface area contributed by atoms with E-state index < -0.39 is 22.0 Å². The van der Waals surface area contributed by atoms with Crippen molar-refractivity contribution < 1.29 is 36.8 Å². The van der Waals surface area contributed by atoms with Crippen LogP contribution < -0.4 is 8.92 Å². The van der Waals surface area contributed by atoms with E-state index >= 15 is 0 Å². The average Bonchev–Trinajstić information content (AvgIpc) is 2.97. The number of rotatable bonds is 11. The quantitative estimate of drug-likeness (QED) is 0.246. The Bertz CT molecular complexity index is 1640. The molecule has 3 aliphatic rings. The molecule has 0 atom stereocenters. The van der Waals surface area contributed by atoms with Crippen LogP contribution >= 0.6 is 0 Å². The molecule has 5 rings (SSSR count). The van der Waals surface area contributed by atoms with Crippen molar-refractivity contribution in [3.05, 3.63) is 88.3 Å². The van der Waals surface area contributed by atoms with E-state index in [0.717, 1.165) is 17.0 Å². The second-order valence-corrected chi connectivity index (χ2v) is 12.8. The maximum Gasteiger partial charge on any atom is 0.339 e. The van der Waals surface area contributed by atoms with Crippen LogP contribution in [0.25, 0.3) is 0 Å². The summed E-state index contributed by atoms with van der Waals surface area (Å²) >= 11 is 0. The molecule has 2 aromatic rings. The summed E-state index contributed by atoms with van der Waals surface area (Å²) in [5.74, 6) is -1.58. The molecule has 1 heterocycles. The fourth-order valence-electron chi connectivity index (χ4n) is 6.40. The van der Waals surface area contributed by atoms with Crippen molar-refractivity contribution in [2.24, 2.45) is 0 Å². The summed E-state index contributed by atoms with van der Waals surface area (Å²) in [6.45, 7) is 7.87. The first kappa shape index (κ1) is 31.3. The summed E-state index contributed by atoms with van der Waals surface area (Å²) in [5, 5.41) is 9.45. The Balaban J connectivity index is 1.70. The second kappa shape index (κ2) is 12.8. The highest BCUT2D eigenvalue weighted by Gasteiger charge is 2.43. The summed E-state index contributed by atoms with van der Waals surface area (Å²) in [4.78, 5) is 40.7. The molecule has 0 spiro atoms. The fraction of sp³-hybridized carbons (Fsp3) is 0.382. The maximum absolute atomic E-state index is 13.6. The van der Waals surface area contributed by atoms with Crippen molar-refractivity contribution in [1.82, 2.24) is 4.90 Å². The van der Waals surface area contributed by atoms with E-state index in [-0.39, 0.29) is 54.0 Å². The van der Waals surface area contributed by atoms with Crippen LogP contribution in [0.2, 0.25) is 0 Å². The largest absolute Gasteiger partial charge is 0.490 e. The third-order valence-electron chi connectivity index (χ3n) is 8.29. The number of aliphatic carboxylic acids is 1. The molecule has 0 unspecified atom stereocenters. The third-order valence-corrected chi connectivity index (χ3v) is 9.53. The molecule has 44 heavy (non-hydrogen) atoms. The first-order valence-corrected chi connectivity index (χ1v) is 16.4. The first-order chi connectivity index (χ1) is 21.1. The van der Waals surface area contributed by atoms with E-state index in [1.165, 1.54) is 12.1 Å². The van der Waals surface area contributed by atoms with Crippen LogP contribution in [0.1, 0.15) is 74.5 Å². The molecule has 2 aromatic carbocycles. The van der Waals surface area contributed by atoms with Gasteiger partial charge in [0.25, 0.3) is 0 Å². The van der Waals surface area contributed by atoms with Gasteiger partial charge in [0.2, 0.25) is 0 Å². The molecular formula is C34H37NO8S. The second-order valence-electron chi connectivity index (χ2n) is 11.3. The van der Waals surface area contributed by atoms with Crippen molar-refractivity contribution in [2.45, 2.75) is 76.0 Å². The Morgan fingerprint density at radius 3 is 2.18 bits per heavy atom. The van der Waals surface area contributed by atoms with Gasteiger partial charge in [-0.15, -0.1) is 6.58 Å². The number of carbonyl (C=O) groups is 3. The lowest BCUT2D eigenvalue weighted by molar-refractivity contribution is -0.137. The van der Waals surface area contributed by atoms with Gasteiger partial charge < -0.3 is 18.9 Å². The standard InChI is InChI=1S/C34H37NO8S/c1-4-8-22-19-23(20-29(42-5-2)34(22)43-44(40,41)24-15-13-21(3)14-16-24)31-32-25(9-6-11-27(32)36)35(18-17-30(38)39)26-10-7-12-28(37)33(26)31/h4,13-16,19-20,31H,1,5-12,17-18H2,2-3H3,(H,38,39). The highest BCUT2D eigenvalue weighted by atomic mass is 32.2. The normalized spacial score (nSPS) is 17.4. The Morgan fingerprint density at radius 2 is 1.64 bits per heavy atom. The monoisotopic (exact) mass is 619 g/mol. The summed E-state index contributed by atoms with van der Waals surface area (Å²) in [6.07, 6.45) is 4.86. The predicted molar refractivity (Wildman–Crippen MR) is 164 cm³/mol. The summed E-state index contributed by atoms with van der Waals surface area (Å²) in [5.41, 5.74) is 4.56. The van der Waals surface area contributed by atoms with Gasteiger partial charge in [-0.3, -0.25) is 14.4 Å². The van der Waals surface area contributed by atoms with Gasteiger partial charge >= 0.3 is 16.1 Å². The van der Waals surface area contributed by atoms with Gasteiger partial charge in [0, 0.05) is 53.4 Å². The number of carboxylic acid groups (broad SMARTS) is 1. The van der Waals surface area contributed by atoms with Crippen LogP contribution in [-0.2, 0) is 30.9 Å². The highest BCUT2D eigenvalue weighted by molar-refractivity contribution is 7.87. The van der Waals surface area contributed by atoms with E-state index in [0.29, 0.717) is 60.8 Å². The Hall–Kier alpha value is -4.18. The van der Waals surface area contributed by atoms with E-state index in [1.807, 2.05) is 11.8 Å². The number of ether oxygens (including phenoxy) is 1. The number of benzene rings is 2. The van der Waals surface area contributed by atoms with Crippen molar-refractivity contribution >= 4 is 27.7 Å². The summed E-state index contributed by atoms with van der Waals surface area (Å²) in [6, 6.07) is 9.80. The average molecular weight is 620 g/mol. The molecule has 2 aliphatic carbocycles. The lowest BCUT2D eigenvalue weighted by atomic mass is 9.70. The van der Waals surface area contributed by atoms with Gasteiger partial charge in [-0.25, -0.2) is 0 Å². The van der Waals surface area contributed by atoms with E-state index in [4.69, 9.17) is 8.92 Å². The van der Waals surface area contributed by atoms with Crippen LogP contribution in [0.15, 0.2) is 76.5 Å². The molecule has 9 nitrogen and oxygen atoms in total. The molecule has 10 heteroatoms. The number of carboxylic acids is 1. The van der Waals surface area contributed by atoms with Gasteiger partial charge in [0.15, 0.2) is 23.1 Å². The van der Waals surface area contributed by atoms with Gasteiger partial charge in [0.1, 0.15) is 4.90 Å². The molecule has 0 saturated carbocycles. The molecule has 0 amide bonds. The zero-order valence-electron chi connectivity index (χ0n) is 25.1. The van der Waals surface area contributed by atoms with Crippen molar-refractivity contribution in [3.8, 4) is 11.5 Å². The van der Waals surface area contributed by atoms with Crippen LogP contribution in [-0.4, -0.2) is 49.1 Å². The minimum absolute atomic E-state index is 0.00175. The molecule has 1 aliphatic heterocycles. The lowest BCUT2D eigenvalue weighted by Crippen LogP contribution is -2.40. The van der Waals surface area contributed by atoms with E-state index in [1.54, 1.807) is 37.3 Å². The Morgan fingerprint density at radius 1 is 1.02 bits per heavy atom. The highest BCUT2D eigenvalue weighted by Crippen LogP contribution is 2.51. The van der Waals surface area contributed by atoms with Crippen molar-refractivity contribution in [1.29, 1.82) is 0 Å². The molecule has 0 bridgehead atoms. The number of allylic oxidation sites excluding steroid dienone is 5. The Kier molecular flexibility index (Phi) is 9.10. The predicted octanol–water partition coefficient (Wildman–Crippen LogP) is 5.78. The van der Waals surface area contributed by atoms with Crippen LogP contribution in [0.3, 0.4) is 0 Å². The molecule has 0 saturated heterocycles. The zero-order chi connectivity index (χ0) is 31.6. The number of hydrogen-bond acceptors (Lipinski definition) is 8. The van der Waals surface area contributed by atoms with Crippen molar-refractivity contribution in [2.75, 3.05) is 13.2 Å². The number of carbonyl (C=O) groups excluding carboxylic acids is 2. The summed E-state index contributed by atoms with van der Waals surface area (Å²) in [7, 11) is -4.22. The number of nitrogens with zero attached hydrogens (tertiary/aromatic N) is 1. The number of Topliss-reactive ketones (excluding diaryl/α,β-unsaturated/α-hetero) is 2. The zero-order valence-corrected chi connectivity index (χ0v) is 25.9. The van der Waals surface area contributed by atoms with Gasteiger partial charge in [-0.2, -0.15) is 8.42 Å². The van der Waals surface area contributed by atoms with Crippen molar-refractivity contribution in [3.63, 3.8) is 0 Å². The van der Waals surface area contributed by atoms with Crippen LogP contribution in [0.5, 0.6) is 11.5 Å². The van der Waals surface area contributed by atoms with Gasteiger partial charge in [-0.1, -0.05) is 29.8 Å². The first-order valence-electron chi connectivity index (χ1n) is 15.0. The lowest BCUT2D eigenvalue weighted by Gasteiger charge is -2.44. The van der Waals surface area contributed by atoms with Gasteiger partial charge in [0.05, 0.1) is 13.0 Å². The number of aryl methyl sites for hydroxylation is 1. The molecule has 0 aromatic heterocycles. The molecule has 0 radical (unpaired) electrons. The number of ketones is 2. The van der Waals surface area contributed by atoms with Crippen LogP contribution in [0.4, 0.5) is 0 Å². The topological polar surface area (TPSA) is 127 Å². The van der Waals surface area contributed by atoms with Gasteiger partial charge in [-0.05, 0) is 69.7 Å². The molecule has 0 fully saturated rings. The summed E-state index contributed by atoms with van der Waals surface area (Å²) < 4.78 is 38.4. The minimum atomic E-state index is -4.22. The Labute approximate surface area is 258 Å². The van der Waals surface area contributed by atoms with E-state index in [2.05, 4.69) is 6.58 Å².